The van der Waals surface area contributed by atoms with Gasteiger partial charge in [-0.25, -0.2) is 4.85 Å². The summed E-state index contributed by atoms with van der Waals surface area (Å²) >= 11 is 1.20. The summed E-state index contributed by atoms with van der Waals surface area (Å²) in [5.41, 5.74) is 3.89. The Hall–Kier alpha value is -2.43. The summed E-state index contributed by atoms with van der Waals surface area (Å²) in [5, 5.41) is 29.7. The fourth-order valence-corrected chi connectivity index (χ4v) is 8.20. The molecular weight excluding hydrogens is 838 g/mol. The minimum atomic E-state index is -1.24. The van der Waals surface area contributed by atoms with Crippen LogP contribution in [-0.4, -0.2) is 85.1 Å². The van der Waals surface area contributed by atoms with Crippen molar-refractivity contribution in [1.29, 1.82) is 5.26 Å². The second-order valence-corrected chi connectivity index (χ2v) is 17.4. The molecule has 0 N–H and O–H groups in total. The van der Waals surface area contributed by atoms with Crippen LogP contribution < -0.4 is 39.6 Å². The van der Waals surface area contributed by atoms with Crippen molar-refractivity contribution in [1.82, 2.24) is 0 Å². The SMILES string of the molecule is [C-]#[N+]c1sc(N=Nc2ccc(N(CCCCCCCCCCCCCCCCCCCCCCCC)CCOCCOCCOCCOCCOCC(=O)[O-])cc2C)c(C#N)c1C.[Na+]. The Balaban J connectivity index is 0.0000205. The van der Waals surface area contributed by atoms with Crippen LogP contribution in [0.2, 0.25) is 0 Å². The van der Waals surface area contributed by atoms with Gasteiger partial charge in [0.2, 0.25) is 5.00 Å². The number of carbonyl (C=O) groups excluding carboxylic acids is 1. The molecule has 14 heteroatoms. The Labute approximate surface area is 413 Å². The van der Waals surface area contributed by atoms with Gasteiger partial charge in [0.15, 0.2) is 0 Å². The number of thiophene rings is 1. The zero-order chi connectivity index (χ0) is 45.4. The van der Waals surface area contributed by atoms with Crippen molar-refractivity contribution in [2.24, 2.45) is 10.2 Å². The number of unbranched alkanes of at least 4 members (excludes halogenated alkanes) is 21. The third-order valence-corrected chi connectivity index (χ3v) is 12.2. The van der Waals surface area contributed by atoms with Crippen molar-refractivity contribution in [2.75, 3.05) is 84.1 Å². The Bertz CT molecular complexity index is 1580. The first-order valence-corrected chi connectivity index (χ1v) is 25.0. The molecule has 64 heavy (non-hydrogen) atoms. The van der Waals surface area contributed by atoms with Crippen molar-refractivity contribution in [2.45, 2.75) is 162 Å². The van der Waals surface area contributed by atoms with Gasteiger partial charge in [0, 0.05) is 18.8 Å². The van der Waals surface area contributed by atoms with Crippen molar-refractivity contribution in [3.63, 3.8) is 0 Å². The molecule has 2 aromatic rings. The van der Waals surface area contributed by atoms with Crippen molar-refractivity contribution in [3.05, 3.63) is 46.3 Å². The van der Waals surface area contributed by atoms with Crippen LogP contribution in [0.25, 0.3) is 4.85 Å². The number of azo groups is 1. The number of anilines is 1. The number of hydrogen-bond donors (Lipinski definition) is 0. The third kappa shape index (κ3) is 30.0. The molecule has 0 atom stereocenters. The molecule has 0 saturated carbocycles. The smallest absolute Gasteiger partial charge is 0.548 e. The first-order chi connectivity index (χ1) is 30.9. The fourth-order valence-electron chi connectivity index (χ4n) is 7.33. The Morgan fingerprint density at radius 2 is 1.11 bits per heavy atom. The first-order valence-electron chi connectivity index (χ1n) is 24.2. The normalized spacial score (nSPS) is 11.2. The largest absolute Gasteiger partial charge is 1.00 e. The van der Waals surface area contributed by atoms with E-state index in [9.17, 15) is 15.2 Å². The van der Waals surface area contributed by atoms with Crippen LogP contribution >= 0.6 is 11.3 Å². The van der Waals surface area contributed by atoms with Crippen LogP contribution in [0.4, 0.5) is 21.4 Å². The first kappa shape index (κ1) is 59.6. The van der Waals surface area contributed by atoms with E-state index in [1.807, 2.05) is 13.0 Å². The van der Waals surface area contributed by atoms with Gasteiger partial charge in [-0.15, -0.1) is 21.6 Å². The molecule has 0 radical (unpaired) electrons. The van der Waals surface area contributed by atoms with Gasteiger partial charge >= 0.3 is 29.6 Å². The molecule has 0 fully saturated rings. The second kappa shape index (κ2) is 42.0. The monoisotopic (exact) mass is 918 g/mol. The number of carbonyl (C=O) groups is 1. The van der Waals surface area contributed by atoms with Crippen LogP contribution in [-0.2, 0) is 28.5 Å². The molecule has 0 saturated heterocycles. The minimum Gasteiger partial charge on any atom is -0.548 e. The number of aliphatic carboxylic acids is 1. The topological polar surface area (TPSA) is 142 Å². The van der Waals surface area contributed by atoms with E-state index in [2.05, 4.69) is 45.1 Å². The number of ether oxygens (including phenoxy) is 5. The van der Waals surface area contributed by atoms with E-state index in [4.69, 9.17) is 30.3 Å². The van der Waals surface area contributed by atoms with Crippen LogP contribution in [0.5, 0.6) is 0 Å². The van der Waals surface area contributed by atoms with Gasteiger partial charge in [-0.3, -0.25) is 0 Å². The number of benzene rings is 1. The van der Waals surface area contributed by atoms with E-state index in [-0.39, 0.29) is 36.2 Å². The maximum Gasteiger partial charge on any atom is 1.00 e. The van der Waals surface area contributed by atoms with Gasteiger partial charge in [-0.05, 0) is 49.6 Å². The van der Waals surface area contributed by atoms with Gasteiger partial charge in [-0.1, -0.05) is 142 Å². The summed E-state index contributed by atoms with van der Waals surface area (Å²) in [6.45, 7) is 18.5. The molecule has 0 spiro atoms. The molecular formula is C50H80N5NaO7S. The van der Waals surface area contributed by atoms with Crippen LogP contribution in [0.3, 0.4) is 0 Å². The standard InChI is InChI=1S/C50H81N5O7S.Na/c1-5-6-7-8-9-10-11-12-13-14-15-16-17-18-19-20-21-22-23-24-25-26-29-55(30-31-58-32-33-59-34-35-60-36-37-61-38-39-62-42-48(56)57)45-27-28-47(43(2)40-45)53-54-50-46(41-51)44(3)49(52-4)63-50;/h27-28,40H,5-26,29-39,42H2,1-3H3,(H,56,57);/q;+1/p-1. The average molecular weight is 918 g/mol. The van der Waals surface area contributed by atoms with Crippen molar-refractivity contribution >= 4 is 38.7 Å². The van der Waals surface area contributed by atoms with Gasteiger partial charge in [-0.2, -0.15) is 5.26 Å². The summed E-state index contributed by atoms with van der Waals surface area (Å²) < 4.78 is 27.3. The molecule has 1 aromatic carbocycles. The summed E-state index contributed by atoms with van der Waals surface area (Å²) in [5.74, 6) is -1.24. The quantitative estimate of drug-likeness (QED) is 0.0275. The zero-order valence-electron chi connectivity index (χ0n) is 40.3. The van der Waals surface area contributed by atoms with E-state index < -0.39 is 12.6 Å². The molecule has 0 aliphatic rings. The molecule has 354 valence electrons. The van der Waals surface area contributed by atoms with Gasteiger partial charge < -0.3 is 38.5 Å². The average Bonchev–Trinajstić information content (AvgIpc) is 3.60. The number of hydrogen-bond acceptors (Lipinski definition) is 12. The van der Waals surface area contributed by atoms with E-state index in [0.29, 0.717) is 74.0 Å². The van der Waals surface area contributed by atoms with E-state index >= 15 is 0 Å². The number of aryl methyl sites for hydroxylation is 1. The Kier molecular flexibility index (Phi) is 39.1. The molecule has 0 bridgehead atoms. The molecule has 1 heterocycles. The zero-order valence-corrected chi connectivity index (χ0v) is 43.1. The minimum absolute atomic E-state index is 0. The predicted octanol–water partition coefficient (Wildman–Crippen LogP) is 9.45. The van der Waals surface area contributed by atoms with E-state index in [1.54, 1.807) is 6.92 Å². The predicted molar refractivity (Wildman–Crippen MR) is 254 cm³/mol. The maximum atomic E-state index is 10.3. The number of carboxylic acid groups (broad SMARTS) is 1. The van der Waals surface area contributed by atoms with Crippen molar-refractivity contribution < 1.29 is 63.1 Å². The van der Waals surface area contributed by atoms with Crippen LogP contribution in [0.15, 0.2) is 28.4 Å². The maximum absolute atomic E-state index is 10.3. The van der Waals surface area contributed by atoms with Gasteiger partial charge in [0.25, 0.3) is 0 Å². The second-order valence-electron chi connectivity index (χ2n) is 16.4. The van der Waals surface area contributed by atoms with Crippen LogP contribution in [0.1, 0.15) is 165 Å². The van der Waals surface area contributed by atoms with Crippen molar-refractivity contribution in [3.8, 4) is 6.07 Å². The fraction of sp³-hybridized carbons (Fsp3) is 0.740. The number of nitrogens with zero attached hydrogens (tertiary/aromatic N) is 5. The number of nitriles is 1. The summed E-state index contributed by atoms with van der Waals surface area (Å²) in [4.78, 5) is 16.2. The summed E-state index contributed by atoms with van der Waals surface area (Å²) in [7, 11) is 0. The molecule has 0 amide bonds. The molecule has 12 nitrogen and oxygen atoms in total. The molecule has 0 aliphatic carbocycles. The van der Waals surface area contributed by atoms with Gasteiger partial charge in [0.05, 0.1) is 89.9 Å². The summed E-state index contributed by atoms with van der Waals surface area (Å²) in [6, 6.07) is 8.36. The molecule has 2 rings (SSSR count). The van der Waals surface area contributed by atoms with E-state index in [0.717, 1.165) is 36.4 Å². The van der Waals surface area contributed by atoms with Crippen LogP contribution in [0, 0.1) is 31.8 Å². The number of carboxylic acids is 1. The Morgan fingerprint density at radius 3 is 1.53 bits per heavy atom. The third-order valence-electron chi connectivity index (χ3n) is 11.1. The van der Waals surface area contributed by atoms with Gasteiger partial charge in [0.1, 0.15) is 11.1 Å². The summed E-state index contributed by atoms with van der Waals surface area (Å²) in [6.07, 6.45) is 30.2. The number of rotatable bonds is 43. The molecule has 0 unspecified atom stereocenters. The Morgan fingerprint density at radius 1 is 0.672 bits per heavy atom. The molecule has 0 aliphatic heterocycles. The van der Waals surface area contributed by atoms with E-state index in [1.165, 1.54) is 146 Å². The molecule has 1 aromatic heterocycles.